The highest BCUT2D eigenvalue weighted by Gasteiger charge is 2.37. The van der Waals surface area contributed by atoms with Crippen molar-refractivity contribution < 1.29 is 27.9 Å². The van der Waals surface area contributed by atoms with Gasteiger partial charge in [0.25, 0.3) is 0 Å². The number of aliphatic hydroxyl groups is 1. The highest BCUT2D eigenvalue weighted by atomic mass is 19.4. The summed E-state index contributed by atoms with van der Waals surface area (Å²) in [4.78, 5) is 16.4. The predicted molar refractivity (Wildman–Crippen MR) is 63.3 cm³/mol. The number of rotatable bonds is 3. The molecule has 1 aromatic rings. The fourth-order valence-electron chi connectivity index (χ4n) is 2.30. The minimum absolute atomic E-state index is 0.246. The zero-order chi connectivity index (χ0) is 14.9. The van der Waals surface area contributed by atoms with Gasteiger partial charge in [-0.25, -0.2) is 5.06 Å². The van der Waals surface area contributed by atoms with Gasteiger partial charge in [0.2, 0.25) is 5.91 Å². The zero-order valence-corrected chi connectivity index (χ0v) is 10.7. The van der Waals surface area contributed by atoms with E-state index in [1.54, 1.807) is 0 Å². The molecule has 2 rings (SSSR count). The third kappa shape index (κ3) is 2.78. The largest absolute Gasteiger partial charge is 0.416 e. The summed E-state index contributed by atoms with van der Waals surface area (Å²) in [6.07, 6.45) is -4.85. The van der Waals surface area contributed by atoms with Crippen LogP contribution < -0.4 is 0 Å². The third-order valence-electron chi connectivity index (χ3n) is 3.34. The molecule has 1 aliphatic rings. The fourth-order valence-corrected chi connectivity index (χ4v) is 2.30. The van der Waals surface area contributed by atoms with Crippen LogP contribution >= 0.6 is 0 Å². The lowest BCUT2D eigenvalue weighted by Crippen LogP contribution is -2.36. The smallest absolute Gasteiger partial charge is 0.386 e. The van der Waals surface area contributed by atoms with E-state index in [0.29, 0.717) is 12.0 Å². The standard InChI is InChI=1S/C13H14F3NO3/c1-20-17-10(6-7-11(17)18)12(19)8-2-4-9(5-3-8)13(14,15)16/h2-5,10,12,19H,6-7H2,1H3/t10-,12+/m0/s1. The zero-order valence-electron chi connectivity index (χ0n) is 10.7. The molecule has 0 saturated carbocycles. The first-order chi connectivity index (χ1) is 9.34. The number of hydroxylamine groups is 2. The number of benzene rings is 1. The number of halogens is 3. The molecule has 0 bridgehead atoms. The van der Waals surface area contributed by atoms with E-state index in [9.17, 15) is 23.1 Å². The van der Waals surface area contributed by atoms with E-state index in [1.165, 1.54) is 19.2 Å². The van der Waals surface area contributed by atoms with Gasteiger partial charge >= 0.3 is 6.18 Å². The summed E-state index contributed by atoms with van der Waals surface area (Å²) in [6, 6.07) is 3.66. The van der Waals surface area contributed by atoms with Crippen molar-refractivity contribution in [1.29, 1.82) is 0 Å². The van der Waals surface area contributed by atoms with E-state index in [1.807, 2.05) is 0 Å². The van der Waals surface area contributed by atoms with Crippen LogP contribution in [0.25, 0.3) is 0 Å². The molecule has 0 radical (unpaired) electrons. The van der Waals surface area contributed by atoms with Crippen LogP contribution in [0.1, 0.15) is 30.1 Å². The van der Waals surface area contributed by atoms with Gasteiger partial charge in [-0.05, 0) is 24.1 Å². The maximum atomic E-state index is 12.5. The normalized spacial score (nSPS) is 21.4. The third-order valence-corrected chi connectivity index (χ3v) is 3.34. The lowest BCUT2D eigenvalue weighted by atomic mass is 9.99. The first-order valence-corrected chi connectivity index (χ1v) is 6.06. The summed E-state index contributed by atoms with van der Waals surface area (Å²) >= 11 is 0. The number of amides is 1. The van der Waals surface area contributed by atoms with Crippen molar-refractivity contribution >= 4 is 5.91 Å². The van der Waals surface area contributed by atoms with Gasteiger partial charge in [-0.3, -0.25) is 9.63 Å². The van der Waals surface area contributed by atoms with Crippen LogP contribution in [0.4, 0.5) is 13.2 Å². The average Bonchev–Trinajstić information content (AvgIpc) is 2.78. The molecule has 4 nitrogen and oxygen atoms in total. The first kappa shape index (κ1) is 14.8. The summed E-state index contributed by atoms with van der Waals surface area (Å²) < 4.78 is 37.4. The van der Waals surface area contributed by atoms with Gasteiger partial charge in [0.05, 0.1) is 18.7 Å². The highest BCUT2D eigenvalue weighted by molar-refractivity contribution is 5.77. The molecule has 1 fully saturated rings. The number of carbonyl (C=O) groups excluding carboxylic acids is 1. The van der Waals surface area contributed by atoms with Gasteiger partial charge < -0.3 is 5.11 Å². The SMILES string of the molecule is CON1C(=O)CC[C@H]1[C@H](O)c1ccc(C(F)(F)F)cc1. The van der Waals surface area contributed by atoms with E-state index in [2.05, 4.69) is 0 Å². The Morgan fingerprint density at radius 2 is 1.95 bits per heavy atom. The van der Waals surface area contributed by atoms with Gasteiger partial charge in [0.1, 0.15) is 6.10 Å². The summed E-state index contributed by atoms with van der Waals surface area (Å²) in [5.41, 5.74) is -0.459. The first-order valence-electron chi connectivity index (χ1n) is 6.06. The van der Waals surface area contributed by atoms with Crippen molar-refractivity contribution in [2.24, 2.45) is 0 Å². The second kappa shape index (κ2) is 5.41. The molecule has 1 aromatic carbocycles. The summed E-state index contributed by atoms with van der Waals surface area (Å²) in [5, 5.41) is 11.2. The van der Waals surface area contributed by atoms with Gasteiger partial charge in [-0.15, -0.1) is 0 Å². The maximum Gasteiger partial charge on any atom is 0.416 e. The quantitative estimate of drug-likeness (QED) is 0.929. The molecule has 1 N–H and O–H groups in total. The van der Waals surface area contributed by atoms with Crippen LogP contribution in [0.2, 0.25) is 0 Å². The molecule has 20 heavy (non-hydrogen) atoms. The number of hydrogen-bond acceptors (Lipinski definition) is 3. The Bertz CT molecular complexity index is 487. The predicted octanol–water partition coefficient (Wildman–Crippen LogP) is 2.29. The molecular weight excluding hydrogens is 275 g/mol. The van der Waals surface area contributed by atoms with Crippen molar-refractivity contribution in [3.63, 3.8) is 0 Å². The molecule has 1 heterocycles. The molecule has 0 spiro atoms. The van der Waals surface area contributed by atoms with Crippen molar-refractivity contribution in [3.8, 4) is 0 Å². The number of nitrogens with zero attached hydrogens (tertiary/aromatic N) is 1. The fraction of sp³-hybridized carbons (Fsp3) is 0.462. The monoisotopic (exact) mass is 289 g/mol. The van der Waals surface area contributed by atoms with Gasteiger partial charge in [0, 0.05) is 6.42 Å². The van der Waals surface area contributed by atoms with Crippen molar-refractivity contribution in [3.05, 3.63) is 35.4 Å². The summed E-state index contributed by atoms with van der Waals surface area (Å²) in [6.45, 7) is 0. The van der Waals surface area contributed by atoms with Crippen molar-refractivity contribution in [1.82, 2.24) is 5.06 Å². The molecule has 1 aliphatic heterocycles. The lowest BCUT2D eigenvalue weighted by molar-refractivity contribution is -0.187. The topological polar surface area (TPSA) is 49.8 Å². The minimum Gasteiger partial charge on any atom is -0.386 e. The molecule has 1 amide bonds. The van der Waals surface area contributed by atoms with Gasteiger partial charge in [-0.2, -0.15) is 13.2 Å². The molecule has 0 aromatic heterocycles. The van der Waals surface area contributed by atoms with E-state index in [-0.39, 0.29) is 12.3 Å². The lowest BCUT2D eigenvalue weighted by Gasteiger charge is -2.26. The Hall–Kier alpha value is -1.60. The van der Waals surface area contributed by atoms with Gasteiger partial charge in [-0.1, -0.05) is 12.1 Å². The van der Waals surface area contributed by atoms with Gasteiger partial charge in [0.15, 0.2) is 0 Å². The van der Waals surface area contributed by atoms with E-state index in [4.69, 9.17) is 4.84 Å². The van der Waals surface area contributed by atoms with Crippen molar-refractivity contribution in [2.45, 2.75) is 31.2 Å². The minimum atomic E-state index is -4.41. The summed E-state index contributed by atoms with van der Waals surface area (Å²) in [5.74, 6) is -0.247. The highest BCUT2D eigenvalue weighted by Crippen LogP contribution is 2.33. The van der Waals surface area contributed by atoms with Crippen LogP contribution in [0.5, 0.6) is 0 Å². The van der Waals surface area contributed by atoms with Crippen LogP contribution in [0, 0.1) is 0 Å². The van der Waals surface area contributed by atoms with Crippen LogP contribution in [-0.2, 0) is 15.8 Å². The molecule has 7 heteroatoms. The molecule has 0 unspecified atom stereocenters. The number of alkyl halides is 3. The van der Waals surface area contributed by atoms with E-state index < -0.39 is 23.9 Å². The van der Waals surface area contributed by atoms with Crippen LogP contribution in [0.3, 0.4) is 0 Å². The Morgan fingerprint density at radius 1 is 1.35 bits per heavy atom. The maximum absolute atomic E-state index is 12.5. The number of carbonyl (C=O) groups is 1. The number of hydrogen-bond donors (Lipinski definition) is 1. The second-order valence-corrected chi connectivity index (χ2v) is 4.57. The van der Waals surface area contributed by atoms with E-state index in [0.717, 1.165) is 17.2 Å². The average molecular weight is 289 g/mol. The number of aliphatic hydroxyl groups excluding tert-OH is 1. The molecular formula is C13H14F3NO3. The van der Waals surface area contributed by atoms with Crippen LogP contribution in [-0.4, -0.2) is 29.2 Å². The second-order valence-electron chi connectivity index (χ2n) is 4.57. The molecule has 110 valence electrons. The Balaban J connectivity index is 2.17. The summed E-state index contributed by atoms with van der Waals surface area (Å²) in [7, 11) is 1.32. The molecule has 2 atom stereocenters. The Kier molecular flexibility index (Phi) is 4.01. The molecule has 0 aliphatic carbocycles. The van der Waals surface area contributed by atoms with Crippen molar-refractivity contribution in [2.75, 3.05) is 7.11 Å². The van der Waals surface area contributed by atoms with Crippen LogP contribution in [0.15, 0.2) is 24.3 Å². The Morgan fingerprint density at radius 3 is 2.45 bits per heavy atom. The van der Waals surface area contributed by atoms with E-state index >= 15 is 0 Å². The molecule has 1 saturated heterocycles. The Labute approximate surface area is 113 Å².